The maximum absolute atomic E-state index is 6.31. The van der Waals surface area contributed by atoms with Crippen LogP contribution in [0.15, 0.2) is 30.7 Å². The summed E-state index contributed by atoms with van der Waals surface area (Å²) in [7, 11) is 2.01. The lowest BCUT2D eigenvalue weighted by Gasteiger charge is -2.17. The zero-order valence-electron chi connectivity index (χ0n) is 11.8. The van der Waals surface area contributed by atoms with Gasteiger partial charge in [-0.3, -0.25) is 4.90 Å². The molecule has 1 aliphatic heterocycles. The summed E-state index contributed by atoms with van der Waals surface area (Å²) >= 11 is 12.3. The molecule has 0 saturated carbocycles. The summed E-state index contributed by atoms with van der Waals surface area (Å²) in [4.78, 5) is 6.51. The van der Waals surface area contributed by atoms with Crippen molar-refractivity contribution in [3.05, 3.63) is 52.0 Å². The second kappa shape index (κ2) is 5.97. The molecule has 1 aromatic heterocycles. The van der Waals surface area contributed by atoms with Gasteiger partial charge < -0.3 is 10.3 Å². The molecule has 0 radical (unpaired) electrons. The number of rotatable bonds is 3. The molecule has 3 rings (SSSR count). The Bertz CT molecular complexity index is 640. The molecule has 2 atom stereocenters. The minimum atomic E-state index is 0.110. The van der Waals surface area contributed by atoms with Crippen LogP contribution in [0.2, 0.25) is 10.0 Å². The van der Waals surface area contributed by atoms with Gasteiger partial charge in [-0.2, -0.15) is 0 Å². The first kappa shape index (κ1) is 14.9. The first-order valence-corrected chi connectivity index (χ1v) is 7.68. The predicted octanol–water partition coefficient (Wildman–Crippen LogP) is 2.65. The molecule has 6 heteroatoms. The molecule has 1 aliphatic rings. The van der Waals surface area contributed by atoms with Gasteiger partial charge in [0.1, 0.15) is 0 Å². The van der Waals surface area contributed by atoms with Crippen molar-refractivity contribution in [1.82, 2.24) is 14.5 Å². The van der Waals surface area contributed by atoms with Crippen molar-refractivity contribution in [1.29, 1.82) is 0 Å². The Morgan fingerprint density at radius 3 is 2.86 bits per heavy atom. The van der Waals surface area contributed by atoms with Crippen LogP contribution in [-0.2, 0) is 13.6 Å². The van der Waals surface area contributed by atoms with E-state index in [0.717, 1.165) is 30.2 Å². The molecule has 112 valence electrons. The maximum atomic E-state index is 6.31. The van der Waals surface area contributed by atoms with E-state index >= 15 is 0 Å². The van der Waals surface area contributed by atoms with Crippen LogP contribution in [0.25, 0.3) is 0 Å². The molecular formula is C15H18Cl2N4. The number of imidazole rings is 1. The summed E-state index contributed by atoms with van der Waals surface area (Å²) in [6.45, 7) is 2.52. The minimum Gasteiger partial charge on any atom is -0.337 e. The first-order valence-electron chi connectivity index (χ1n) is 6.92. The molecule has 0 amide bonds. The predicted molar refractivity (Wildman–Crippen MR) is 85.7 cm³/mol. The van der Waals surface area contributed by atoms with E-state index in [0.29, 0.717) is 10.9 Å². The summed E-state index contributed by atoms with van der Waals surface area (Å²) in [5.74, 6) is 0.301. The van der Waals surface area contributed by atoms with E-state index in [1.807, 2.05) is 42.3 Å². The van der Waals surface area contributed by atoms with Gasteiger partial charge in [0.25, 0.3) is 0 Å². The van der Waals surface area contributed by atoms with Gasteiger partial charge in [-0.1, -0.05) is 23.2 Å². The highest BCUT2D eigenvalue weighted by molar-refractivity contribution is 6.33. The quantitative estimate of drug-likeness (QED) is 0.944. The summed E-state index contributed by atoms with van der Waals surface area (Å²) < 4.78 is 2.04. The lowest BCUT2D eigenvalue weighted by atomic mass is 10.0. The van der Waals surface area contributed by atoms with Gasteiger partial charge >= 0.3 is 0 Å². The molecule has 1 fully saturated rings. The van der Waals surface area contributed by atoms with Gasteiger partial charge in [0.2, 0.25) is 0 Å². The first-order chi connectivity index (χ1) is 10.0. The lowest BCUT2D eigenvalue weighted by molar-refractivity contribution is 0.323. The molecule has 0 unspecified atom stereocenters. The second-order valence-corrected chi connectivity index (χ2v) is 6.47. The van der Waals surface area contributed by atoms with E-state index in [4.69, 9.17) is 28.9 Å². The third-order valence-electron chi connectivity index (χ3n) is 4.08. The third kappa shape index (κ3) is 3.09. The summed E-state index contributed by atoms with van der Waals surface area (Å²) in [6, 6.07) is 5.68. The molecule has 0 bridgehead atoms. The number of hydrogen-bond acceptors (Lipinski definition) is 3. The fourth-order valence-electron chi connectivity index (χ4n) is 2.99. The van der Waals surface area contributed by atoms with Crippen molar-refractivity contribution in [3.63, 3.8) is 0 Å². The van der Waals surface area contributed by atoms with Crippen molar-refractivity contribution < 1.29 is 0 Å². The van der Waals surface area contributed by atoms with E-state index in [9.17, 15) is 0 Å². The zero-order valence-corrected chi connectivity index (χ0v) is 13.3. The van der Waals surface area contributed by atoms with Crippen molar-refractivity contribution in [2.45, 2.75) is 18.5 Å². The zero-order chi connectivity index (χ0) is 15.0. The van der Waals surface area contributed by atoms with Crippen molar-refractivity contribution >= 4 is 23.2 Å². The van der Waals surface area contributed by atoms with E-state index < -0.39 is 0 Å². The topological polar surface area (TPSA) is 47.1 Å². The van der Waals surface area contributed by atoms with E-state index in [1.165, 1.54) is 5.69 Å². The standard InChI is InChI=1S/C15H18Cl2N4/c1-20-9-19-5-15(20)12-7-21(8-14(12)18)6-10-4-11(16)2-3-13(10)17/h2-5,9,12,14H,6-8,18H2,1H3/t12-,14-/m1/s1. The highest BCUT2D eigenvalue weighted by Gasteiger charge is 2.33. The fourth-order valence-corrected chi connectivity index (χ4v) is 3.36. The molecule has 1 aromatic carbocycles. The van der Waals surface area contributed by atoms with Crippen LogP contribution < -0.4 is 5.73 Å². The molecule has 21 heavy (non-hydrogen) atoms. The van der Waals surface area contributed by atoms with E-state index in [-0.39, 0.29) is 6.04 Å². The Balaban J connectivity index is 1.74. The number of aryl methyl sites for hydroxylation is 1. The Kier molecular flexibility index (Phi) is 4.22. The van der Waals surface area contributed by atoms with Crippen LogP contribution in [0, 0.1) is 0 Å². The number of hydrogen-bond donors (Lipinski definition) is 1. The number of likely N-dealkylation sites (tertiary alicyclic amines) is 1. The number of halogens is 2. The van der Waals surface area contributed by atoms with Gasteiger partial charge in [-0.15, -0.1) is 0 Å². The Morgan fingerprint density at radius 1 is 1.33 bits per heavy atom. The molecular weight excluding hydrogens is 307 g/mol. The number of benzene rings is 1. The smallest absolute Gasteiger partial charge is 0.0945 e. The van der Waals surface area contributed by atoms with E-state index in [1.54, 1.807) is 0 Å². The van der Waals surface area contributed by atoms with Gasteiger partial charge in [0.15, 0.2) is 0 Å². The average molecular weight is 325 g/mol. The van der Waals surface area contributed by atoms with Gasteiger partial charge in [0, 0.05) is 60.6 Å². The lowest BCUT2D eigenvalue weighted by Crippen LogP contribution is -2.29. The molecule has 0 aliphatic carbocycles. The van der Waals surface area contributed by atoms with Crippen LogP contribution >= 0.6 is 23.2 Å². The van der Waals surface area contributed by atoms with Crippen LogP contribution in [0.1, 0.15) is 17.2 Å². The third-order valence-corrected chi connectivity index (χ3v) is 4.68. The molecule has 0 spiro atoms. The van der Waals surface area contributed by atoms with Crippen molar-refractivity contribution in [2.24, 2.45) is 12.8 Å². The summed E-state index contributed by atoms with van der Waals surface area (Å²) in [5, 5.41) is 1.46. The van der Waals surface area contributed by atoms with Crippen molar-refractivity contribution in [3.8, 4) is 0 Å². The van der Waals surface area contributed by atoms with Crippen LogP contribution in [-0.4, -0.2) is 33.6 Å². The molecule has 2 heterocycles. The SMILES string of the molecule is Cn1cncc1[C@@H]1CN(Cc2cc(Cl)ccc2Cl)C[C@H]1N. The molecule has 2 aromatic rings. The van der Waals surface area contributed by atoms with Crippen LogP contribution in [0.5, 0.6) is 0 Å². The summed E-state index contributed by atoms with van der Waals surface area (Å²) in [5.41, 5.74) is 8.54. The maximum Gasteiger partial charge on any atom is 0.0945 e. The van der Waals surface area contributed by atoms with E-state index in [2.05, 4.69) is 9.88 Å². The Labute approximate surface area is 134 Å². The largest absolute Gasteiger partial charge is 0.337 e. The van der Waals surface area contributed by atoms with Crippen LogP contribution in [0.3, 0.4) is 0 Å². The Hall–Kier alpha value is -1.07. The van der Waals surface area contributed by atoms with Gasteiger partial charge in [0.05, 0.1) is 6.33 Å². The number of aromatic nitrogens is 2. The minimum absolute atomic E-state index is 0.110. The number of nitrogens with zero attached hydrogens (tertiary/aromatic N) is 3. The Morgan fingerprint density at radius 2 is 2.14 bits per heavy atom. The van der Waals surface area contributed by atoms with Gasteiger partial charge in [-0.05, 0) is 23.8 Å². The monoisotopic (exact) mass is 324 g/mol. The molecule has 4 nitrogen and oxygen atoms in total. The fraction of sp³-hybridized carbons (Fsp3) is 0.400. The van der Waals surface area contributed by atoms with Crippen LogP contribution in [0.4, 0.5) is 0 Å². The highest BCUT2D eigenvalue weighted by atomic mass is 35.5. The molecule has 2 N–H and O–H groups in total. The molecule has 1 saturated heterocycles. The average Bonchev–Trinajstić information content (AvgIpc) is 3.00. The highest BCUT2D eigenvalue weighted by Crippen LogP contribution is 2.29. The number of nitrogens with two attached hydrogens (primary N) is 1. The summed E-state index contributed by atoms with van der Waals surface area (Å²) in [6.07, 6.45) is 3.72. The normalized spacial score (nSPS) is 22.9. The van der Waals surface area contributed by atoms with Gasteiger partial charge in [-0.25, -0.2) is 4.98 Å². The second-order valence-electron chi connectivity index (χ2n) is 5.63. The van der Waals surface area contributed by atoms with Crippen molar-refractivity contribution in [2.75, 3.05) is 13.1 Å².